The van der Waals surface area contributed by atoms with Crippen LogP contribution >= 0.6 is 0 Å². The topological polar surface area (TPSA) is 83.1 Å². The standard InChI is InChI=1S/C56H86O9Si2/c1-9-17-33-57-45-25-29-49(61-37-21-13-5)53(41-45)66(54-42-46(58-34-18-10-2)26-30-50(54)62-38-22-14-6)65-67(55-43-47(59-35-19-11-3)27-31-51(55)63-39-23-15-7)56-44-48(60-36-20-12-4)28-32-52(56)64-40-24-16-8/h25-32,41-44,66-67H,9-24,33-40H2,1-8H3. The summed E-state index contributed by atoms with van der Waals surface area (Å²) in [7, 11) is -5.81. The lowest BCUT2D eigenvalue weighted by Gasteiger charge is -2.30. The zero-order valence-electron chi connectivity index (χ0n) is 42.7. The van der Waals surface area contributed by atoms with E-state index in [0.717, 1.165) is 169 Å². The Morgan fingerprint density at radius 3 is 0.657 bits per heavy atom. The van der Waals surface area contributed by atoms with E-state index in [1.54, 1.807) is 0 Å². The van der Waals surface area contributed by atoms with Crippen molar-refractivity contribution in [1.82, 2.24) is 0 Å². The lowest BCUT2D eigenvalue weighted by molar-refractivity contribution is 0.301. The summed E-state index contributed by atoms with van der Waals surface area (Å²) in [5.74, 6) is 6.35. The van der Waals surface area contributed by atoms with Crippen LogP contribution in [0.1, 0.15) is 158 Å². The van der Waals surface area contributed by atoms with Crippen molar-refractivity contribution in [1.29, 1.82) is 0 Å². The summed E-state index contributed by atoms with van der Waals surface area (Å²) < 4.78 is 61.3. The molecule has 0 N–H and O–H groups in total. The van der Waals surface area contributed by atoms with Crippen LogP contribution in [0.3, 0.4) is 0 Å². The zero-order valence-corrected chi connectivity index (χ0v) is 45.0. The van der Waals surface area contributed by atoms with Crippen molar-refractivity contribution < 1.29 is 42.0 Å². The smallest absolute Gasteiger partial charge is 0.236 e. The maximum atomic E-state index is 8.24. The highest BCUT2D eigenvalue weighted by atomic mass is 28.4. The number of unbranched alkanes of at least 4 members (excludes halogenated alkanes) is 8. The lowest BCUT2D eigenvalue weighted by Crippen LogP contribution is -2.57. The summed E-state index contributed by atoms with van der Waals surface area (Å²) in [6, 6.07) is 25.2. The minimum atomic E-state index is -2.90. The van der Waals surface area contributed by atoms with Crippen LogP contribution < -0.4 is 58.6 Å². The fraction of sp³-hybridized carbons (Fsp3) is 0.571. The molecule has 67 heavy (non-hydrogen) atoms. The van der Waals surface area contributed by atoms with Gasteiger partial charge in [0.25, 0.3) is 0 Å². The first kappa shape index (κ1) is 55.3. The van der Waals surface area contributed by atoms with Crippen molar-refractivity contribution in [3.05, 3.63) is 72.8 Å². The Kier molecular flexibility index (Phi) is 27.4. The quantitative estimate of drug-likeness (QED) is 0.0322. The summed E-state index contributed by atoms with van der Waals surface area (Å²) in [6.45, 7) is 22.3. The van der Waals surface area contributed by atoms with Crippen LogP contribution in [0.5, 0.6) is 46.0 Å². The molecular formula is C56H86O9Si2. The van der Waals surface area contributed by atoms with Crippen LogP contribution in [0.15, 0.2) is 72.8 Å². The monoisotopic (exact) mass is 959 g/mol. The third-order valence-electron chi connectivity index (χ3n) is 11.4. The summed E-state index contributed by atoms with van der Waals surface area (Å²) in [6.07, 6.45) is 15.7. The highest BCUT2D eigenvalue weighted by Crippen LogP contribution is 2.27. The normalized spacial score (nSPS) is 11.3. The first-order valence-corrected chi connectivity index (χ1v) is 29.4. The van der Waals surface area contributed by atoms with E-state index >= 15 is 0 Å². The molecule has 0 saturated heterocycles. The molecule has 0 aliphatic heterocycles. The molecule has 0 aromatic heterocycles. The maximum absolute atomic E-state index is 8.24. The number of rotatable bonds is 38. The van der Waals surface area contributed by atoms with E-state index in [-0.39, 0.29) is 0 Å². The largest absolute Gasteiger partial charge is 0.494 e. The number of ether oxygens (including phenoxy) is 8. The predicted octanol–water partition coefficient (Wildman–Crippen LogP) is 11.5. The van der Waals surface area contributed by atoms with Gasteiger partial charge in [0.1, 0.15) is 46.0 Å². The van der Waals surface area contributed by atoms with Gasteiger partial charge in [0.15, 0.2) is 0 Å². The molecule has 372 valence electrons. The summed E-state index contributed by atoms with van der Waals surface area (Å²) in [5, 5.41) is 3.95. The lowest BCUT2D eigenvalue weighted by atomic mass is 10.3. The molecule has 0 bridgehead atoms. The Morgan fingerprint density at radius 1 is 0.269 bits per heavy atom. The van der Waals surface area contributed by atoms with Crippen molar-refractivity contribution in [3.63, 3.8) is 0 Å². The van der Waals surface area contributed by atoms with Crippen LogP contribution in [0.25, 0.3) is 0 Å². The van der Waals surface area contributed by atoms with Crippen LogP contribution in [-0.2, 0) is 4.12 Å². The van der Waals surface area contributed by atoms with E-state index in [9.17, 15) is 0 Å². The fourth-order valence-electron chi connectivity index (χ4n) is 7.22. The van der Waals surface area contributed by atoms with Crippen molar-refractivity contribution >= 4 is 38.8 Å². The molecule has 4 aromatic rings. The Bertz CT molecular complexity index is 1670. The van der Waals surface area contributed by atoms with Crippen LogP contribution in [0.4, 0.5) is 0 Å². The summed E-state index contributed by atoms with van der Waals surface area (Å²) >= 11 is 0. The van der Waals surface area contributed by atoms with Crippen LogP contribution in [0.2, 0.25) is 0 Å². The molecule has 0 aliphatic carbocycles. The van der Waals surface area contributed by atoms with E-state index in [0.29, 0.717) is 52.9 Å². The first-order valence-electron chi connectivity index (χ1n) is 26.2. The van der Waals surface area contributed by atoms with E-state index in [1.807, 2.05) is 24.3 Å². The molecule has 0 aliphatic rings. The average molecular weight is 959 g/mol. The maximum Gasteiger partial charge on any atom is 0.236 e. The number of hydrogen-bond donors (Lipinski definition) is 0. The van der Waals surface area contributed by atoms with Crippen molar-refractivity contribution in [2.45, 2.75) is 158 Å². The van der Waals surface area contributed by atoms with E-state index in [4.69, 9.17) is 42.0 Å². The van der Waals surface area contributed by atoms with Gasteiger partial charge in [0.05, 0.1) is 52.9 Å². The summed E-state index contributed by atoms with van der Waals surface area (Å²) in [5.41, 5.74) is 0. The Balaban J connectivity index is 2.15. The molecule has 0 amide bonds. The Morgan fingerprint density at radius 2 is 0.463 bits per heavy atom. The van der Waals surface area contributed by atoms with Gasteiger partial charge < -0.3 is 42.0 Å². The Labute approximate surface area is 409 Å². The average Bonchev–Trinajstić information content (AvgIpc) is 3.34. The molecule has 0 radical (unpaired) electrons. The van der Waals surface area contributed by atoms with Gasteiger partial charge in [-0.1, -0.05) is 107 Å². The van der Waals surface area contributed by atoms with Gasteiger partial charge in [-0.2, -0.15) is 0 Å². The van der Waals surface area contributed by atoms with Gasteiger partial charge in [-0.05, 0) is 124 Å². The molecule has 0 atom stereocenters. The van der Waals surface area contributed by atoms with Gasteiger partial charge in [0.2, 0.25) is 18.1 Å². The SMILES string of the molecule is CCCCOc1ccc(OCCCC)c([SiH](O[SiH](c2cc(OCCCC)ccc2OCCCC)c2cc(OCCCC)ccc2OCCCC)c2cc(OCCCC)ccc2OCCCC)c1. The van der Waals surface area contributed by atoms with E-state index in [2.05, 4.69) is 104 Å². The van der Waals surface area contributed by atoms with Crippen molar-refractivity contribution in [2.75, 3.05) is 52.9 Å². The minimum absolute atomic E-state index is 0.584. The Hall–Kier alpha value is -4.33. The molecular weight excluding hydrogens is 873 g/mol. The molecule has 9 nitrogen and oxygen atoms in total. The minimum Gasteiger partial charge on any atom is -0.494 e. The number of benzene rings is 4. The van der Waals surface area contributed by atoms with Gasteiger partial charge in [-0.3, -0.25) is 0 Å². The second-order valence-electron chi connectivity index (χ2n) is 17.3. The van der Waals surface area contributed by atoms with Gasteiger partial charge in [0, 0.05) is 20.7 Å². The van der Waals surface area contributed by atoms with E-state index in [1.165, 1.54) is 0 Å². The van der Waals surface area contributed by atoms with E-state index < -0.39 is 18.1 Å². The second-order valence-corrected chi connectivity index (χ2v) is 22.4. The van der Waals surface area contributed by atoms with Gasteiger partial charge in [-0.25, -0.2) is 0 Å². The molecule has 0 spiro atoms. The predicted molar refractivity (Wildman–Crippen MR) is 283 cm³/mol. The molecule has 0 unspecified atom stereocenters. The van der Waals surface area contributed by atoms with Gasteiger partial charge in [-0.15, -0.1) is 0 Å². The fourth-order valence-corrected chi connectivity index (χ4v) is 14.3. The van der Waals surface area contributed by atoms with Crippen molar-refractivity contribution in [3.8, 4) is 46.0 Å². The first-order chi connectivity index (χ1) is 32.9. The third kappa shape index (κ3) is 18.9. The molecule has 0 fully saturated rings. The molecule has 0 heterocycles. The summed E-state index contributed by atoms with van der Waals surface area (Å²) in [4.78, 5) is 0. The zero-order chi connectivity index (χ0) is 47.9. The molecule has 0 saturated carbocycles. The second kappa shape index (κ2) is 33.2. The van der Waals surface area contributed by atoms with Crippen molar-refractivity contribution in [2.24, 2.45) is 0 Å². The molecule has 4 aromatic carbocycles. The van der Waals surface area contributed by atoms with Crippen LogP contribution in [-0.4, -0.2) is 70.9 Å². The van der Waals surface area contributed by atoms with Gasteiger partial charge >= 0.3 is 0 Å². The molecule has 4 rings (SSSR count). The van der Waals surface area contributed by atoms with Crippen LogP contribution in [0, 0.1) is 0 Å². The third-order valence-corrected chi connectivity index (χ3v) is 17.7. The highest BCUT2D eigenvalue weighted by Gasteiger charge is 2.35. The molecule has 11 heteroatoms. The number of hydrogen-bond acceptors (Lipinski definition) is 9. The highest BCUT2D eigenvalue weighted by molar-refractivity contribution is 6.93.